The molecule has 0 aromatic carbocycles. The largest absolute Gasteiger partial charge is 0.323 e. The molecule has 0 saturated carbocycles. The lowest BCUT2D eigenvalue weighted by molar-refractivity contribution is 0.550. The lowest BCUT2D eigenvalue weighted by atomic mass is 9.90. The van der Waals surface area contributed by atoms with Crippen molar-refractivity contribution in [3.05, 3.63) is 27.2 Å². The third kappa shape index (κ3) is 2.88. The van der Waals surface area contributed by atoms with E-state index in [1.54, 1.807) is 11.3 Å². The zero-order chi connectivity index (χ0) is 12.5. The zero-order valence-corrected chi connectivity index (χ0v) is 11.8. The van der Waals surface area contributed by atoms with E-state index in [-0.39, 0.29) is 11.5 Å². The van der Waals surface area contributed by atoms with Crippen LogP contribution in [0.5, 0.6) is 0 Å². The number of rotatable bonds is 3. The van der Waals surface area contributed by atoms with Crippen molar-refractivity contribution in [2.75, 3.05) is 0 Å². The number of nitrogens with zero attached hydrogens (tertiary/aromatic N) is 3. The molecule has 0 saturated heterocycles. The molecule has 17 heavy (non-hydrogen) atoms. The van der Waals surface area contributed by atoms with Crippen LogP contribution in [0.15, 0.2) is 11.6 Å². The zero-order valence-electron chi connectivity index (χ0n) is 10.2. The fourth-order valence-corrected chi connectivity index (χ4v) is 3.13. The second-order valence-corrected chi connectivity index (χ2v) is 6.74. The fourth-order valence-electron chi connectivity index (χ4n) is 1.60. The van der Waals surface area contributed by atoms with E-state index in [1.165, 1.54) is 11.5 Å². The Hall–Kier alpha value is -0.850. The summed E-state index contributed by atoms with van der Waals surface area (Å²) in [5, 5.41) is 7.24. The topological polar surface area (TPSA) is 64.7 Å². The van der Waals surface area contributed by atoms with Crippen LogP contribution < -0.4 is 5.73 Å². The van der Waals surface area contributed by atoms with Crippen LogP contribution in [-0.4, -0.2) is 14.6 Å². The van der Waals surface area contributed by atoms with Crippen LogP contribution in [0.3, 0.4) is 0 Å². The number of aromatic nitrogens is 3. The minimum absolute atomic E-state index is 0.0111. The number of thiazole rings is 1. The maximum atomic E-state index is 6.23. The number of nitrogens with two attached hydrogens (primary N) is 1. The van der Waals surface area contributed by atoms with Crippen molar-refractivity contribution in [3.63, 3.8) is 0 Å². The first kappa shape index (κ1) is 12.6. The SMILES string of the molecule is CC(C)(C)c1nnsc1C(N)Cc1nccs1. The van der Waals surface area contributed by atoms with Crippen LogP contribution in [0.1, 0.15) is 42.4 Å². The molecule has 0 spiro atoms. The van der Waals surface area contributed by atoms with Gasteiger partial charge in [-0.1, -0.05) is 25.3 Å². The van der Waals surface area contributed by atoms with Gasteiger partial charge in [0.15, 0.2) is 0 Å². The first-order chi connectivity index (χ1) is 7.98. The molecule has 1 unspecified atom stereocenters. The van der Waals surface area contributed by atoms with Crippen molar-refractivity contribution < 1.29 is 0 Å². The summed E-state index contributed by atoms with van der Waals surface area (Å²) < 4.78 is 4.03. The van der Waals surface area contributed by atoms with Gasteiger partial charge in [0.25, 0.3) is 0 Å². The van der Waals surface area contributed by atoms with Gasteiger partial charge in [0.1, 0.15) is 0 Å². The molecule has 6 heteroatoms. The van der Waals surface area contributed by atoms with Crippen LogP contribution in [-0.2, 0) is 11.8 Å². The van der Waals surface area contributed by atoms with E-state index in [4.69, 9.17) is 5.73 Å². The molecule has 92 valence electrons. The summed E-state index contributed by atoms with van der Waals surface area (Å²) in [7, 11) is 0. The Kier molecular flexibility index (Phi) is 3.56. The molecule has 0 fully saturated rings. The molecular formula is C11H16N4S2. The summed E-state index contributed by atoms with van der Waals surface area (Å²) in [4.78, 5) is 5.34. The highest BCUT2D eigenvalue weighted by Crippen LogP contribution is 2.30. The van der Waals surface area contributed by atoms with Gasteiger partial charge in [0.05, 0.1) is 15.6 Å². The van der Waals surface area contributed by atoms with E-state index in [0.29, 0.717) is 0 Å². The smallest absolute Gasteiger partial charge is 0.0944 e. The van der Waals surface area contributed by atoms with Gasteiger partial charge in [0, 0.05) is 29.5 Å². The van der Waals surface area contributed by atoms with Gasteiger partial charge in [-0.25, -0.2) is 4.98 Å². The highest BCUT2D eigenvalue weighted by atomic mass is 32.1. The van der Waals surface area contributed by atoms with Gasteiger partial charge in [-0.3, -0.25) is 0 Å². The molecular weight excluding hydrogens is 252 g/mol. The van der Waals surface area contributed by atoms with Crippen molar-refractivity contribution in [2.24, 2.45) is 5.73 Å². The quantitative estimate of drug-likeness (QED) is 0.929. The summed E-state index contributed by atoms with van der Waals surface area (Å²) in [6.07, 6.45) is 2.56. The molecule has 0 aliphatic carbocycles. The van der Waals surface area contributed by atoms with E-state index in [1.807, 2.05) is 11.6 Å². The van der Waals surface area contributed by atoms with E-state index >= 15 is 0 Å². The molecule has 0 radical (unpaired) electrons. The normalized spacial score (nSPS) is 13.9. The Bertz CT molecular complexity index is 470. The molecule has 0 amide bonds. The molecule has 4 nitrogen and oxygen atoms in total. The fraction of sp³-hybridized carbons (Fsp3) is 0.545. The summed E-state index contributed by atoms with van der Waals surface area (Å²) in [6, 6.07) is -0.0598. The highest BCUT2D eigenvalue weighted by molar-refractivity contribution is 7.09. The van der Waals surface area contributed by atoms with Gasteiger partial charge in [-0.15, -0.1) is 16.4 Å². The molecule has 2 heterocycles. The van der Waals surface area contributed by atoms with Gasteiger partial charge in [-0.05, 0) is 11.5 Å². The molecule has 2 N–H and O–H groups in total. The average Bonchev–Trinajstić information content (AvgIpc) is 2.85. The molecule has 0 bridgehead atoms. The third-order valence-electron chi connectivity index (χ3n) is 2.44. The van der Waals surface area contributed by atoms with Gasteiger partial charge in [0.2, 0.25) is 0 Å². The first-order valence-corrected chi connectivity index (χ1v) is 7.10. The minimum Gasteiger partial charge on any atom is -0.323 e. The van der Waals surface area contributed by atoms with Crippen molar-refractivity contribution in [2.45, 2.75) is 38.6 Å². The predicted molar refractivity (Wildman–Crippen MR) is 71.4 cm³/mol. The summed E-state index contributed by atoms with van der Waals surface area (Å²) in [5.41, 5.74) is 7.22. The second-order valence-electron chi connectivity index (χ2n) is 4.97. The van der Waals surface area contributed by atoms with E-state index in [9.17, 15) is 0 Å². The maximum absolute atomic E-state index is 6.23. The number of hydrogen-bond donors (Lipinski definition) is 1. The van der Waals surface area contributed by atoms with Gasteiger partial charge < -0.3 is 5.73 Å². The lowest BCUT2D eigenvalue weighted by Crippen LogP contribution is -2.20. The van der Waals surface area contributed by atoms with Crippen molar-refractivity contribution in [1.82, 2.24) is 14.6 Å². The maximum Gasteiger partial charge on any atom is 0.0944 e. The summed E-state index contributed by atoms with van der Waals surface area (Å²) in [6.45, 7) is 6.38. The predicted octanol–water partition coefficient (Wildman–Crippen LogP) is 2.53. The summed E-state index contributed by atoms with van der Waals surface area (Å²) >= 11 is 3.03. The Morgan fingerprint density at radius 3 is 2.76 bits per heavy atom. The Morgan fingerprint density at radius 1 is 1.41 bits per heavy atom. The van der Waals surface area contributed by atoms with Crippen LogP contribution in [0, 0.1) is 0 Å². The third-order valence-corrected chi connectivity index (χ3v) is 4.10. The Labute approximate surface area is 109 Å². The van der Waals surface area contributed by atoms with Crippen LogP contribution in [0.2, 0.25) is 0 Å². The van der Waals surface area contributed by atoms with Crippen LogP contribution in [0.25, 0.3) is 0 Å². The van der Waals surface area contributed by atoms with Crippen LogP contribution in [0.4, 0.5) is 0 Å². The standard InChI is InChI=1S/C11H16N4S2/c1-11(2,3)10-9(17-15-14-10)7(12)6-8-13-4-5-16-8/h4-5,7H,6,12H2,1-3H3. The highest BCUT2D eigenvalue weighted by Gasteiger charge is 2.25. The van der Waals surface area contributed by atoms with Crippen molar-refractivity contribution in [1.29, 1.82) is 0 Å². The van der Waals surface area contributed by atoms with Gasteiger partial charge >= 0.3 is 0 Å². The minimum atomic E-state index is -0.0598. The lowest BCUT2D eigenvalue weighted by Gasteiger charge is -2.18. The Balaban J connectivity index is 2.20. The number of hydrogen-bond acceptors (Lipinski definition) is 6. The summed E-state index contributed by atoms with van der Waals surface area (Å²) in [5.74, 6) is 0. The van der Waals surface area contributed by atoms with Crippen molar-refractivity contribution in [3.8, 4) is 0 Å². The van der Waals surface area contributed by atoms with Crippen LogP contribution >= 0.6 is 22.9 Å². The van der Waals surface area contributed by atoms with E-state index in [2.05, 4.69) is 35.3 Å². The van der Waals surface area contributed by atoms with E-state index < -0.39 is 0 Å². The van der Waals surface area contributed by atoms with Gasteiger partial charge in [-0.2, -0.15) is 0 Å². The Morgan fingerprint density at radius 2 is 2.18 bits per heavy atom. The van der Waals surface area contributed by atoms with E-state index in [0.717, 1.165) is 22.0 Å². The molecule has 0 aliphatic rings. The molecule has 0 aliphatic heterocycles. The monoisotopic (exact) mass is 268 g/mol. The first-order valence-electron chi connectivity index (χ1n) is 5.45. The van der Waals surface area contributed by atoms with Crippen molar-refractivity contribution >= 4 is 22.9 Å². The molecule has 1 atom stereocenters. The average molecular weight is 268 g/mol. The second kappa shape index (κ2) is 4.80. The molecule has 2 aromatic heterocycles. The molecule has 2 rings (SSSR count). The molecule has 2 aromatic rings.